The number of rotatable bonds is 4. The van der Waals surface area contributed by atoms with E-state index in [0.29, 0.717) is 18.5 Å². The van der Waals surface area contributed by atoms with Crippen molar-refractivity contribution in [1.29, 1.82) is 0 Å². The maximum absolute atomic E-state index is 13.0. The van der Waals surface area contributed by atoms with Crippen molar-refractivity contribution in [3.63, 3.8) is 0 Å². The monoisotopic (exact) mass is 366 g/mol. The van der Waals surface area contributed by atoms with Gasteiger partial charge in [0.2, 0.25) is 0 Å². The van der Waals surface area contributed by atoms with Gasteiger partial charge < -0.3 is 14.8 Å². The maximum atomic E-state index is 13.0. The Morgan fingerprint density at radius 2 is 1.96 bits per heavy atom. The Morgan fingerprint density at radius 1 is 1.19 bits per heavy atom. The van der Waals surface area contributed by atoms with Gasteiger partial charge in [0.15, 0.2) is 0 Å². The van der Waals surface area contributed by atoms with E-state index in [0.717, 1.165) is 16.8 Å². The number of nitrogens with zero attached hydrogens (tertiary/aromatic N) is 2. The minimum absolute atomic E-state index is 0.0893. The molecule has 1 aliphatic heterocycles. The van der Waals surface area contributed by atoms with Crippen molar-refractivity contribution in [3.05, 3.63) is 58.7 Å². The van der Waals surface area contributed by atoms with Gasteiger partial charge in [0, 0.05) is 12.0 Å². The van der Waals surface area contributed by atoms with Crippen LogP contribution in [0.1, 0.15) is 33.5 Å². The zero-order valence-electron chi connectivity index (χ0n) is 16.3. The Kier molecular flexibility index (Phi) is 5.61. The minimum Gasteiger partial charge on any atom is -0.399 e. The average molecular weight is 366 g/mol. The number of carbonyl (C=O) groups excluding carboxylic acids is 1. The minimum atomic E-state index is -0.259. The lowest BCUT2D eigenvalue weighted by Crippen LogP contribution is -2.37. The fourth-order valence-electron chi connectivity index (χ4n) is 3.68. The van der Waals surface area contributed by atoms with Crippen molar-refractivity contribution in [2.75, 3.05) is 20.3 Å². The molecule has 0 bridgehead atoms. The fourth-order valence-corrected chi connectivity index (χ4v) is 3.68. The van der Waals surface area contributed by atoms with Gasteiger partial charge in [0.05, 0.1) is 24.9 Å². The summed E-state index contributed by atoms with van der Waals surface area (Å²) in [5.41, 5.74) is 7.28. The summed E-state index contributed by atoms with van der Waals surface area (Å²) in [5.74, 6) is -0.0917. The molecule has 27 heavy (non-hydrogen) atoms. The van der Waals surface area contributed by atoms with Gasteiger partial charge in [0.25, 0.3) is 5.91 Å². The third-order valence-electron chi connectivity index (χ3n) is 5.33. The van der Waals surface area contributed by atoms with Crippen LogP contribution in [0.15, 0.2) is 41.6 Å². The van der Waals surface area contributed by atoms with E-state index < -0.39 is 0 Å². The summed E-state index contributed by atoms with van der Waals surface area (Å²) >= 11 is 0. The molecule has 0 saturated carbocycles. The molecule has 2 aromatic carbocycles. The molecule has 1 saturated heterocycles. The molecular weight excluding hydrogens is 340 g/mol. The number of likely N-dealkylation sites (tertiary alicyclic amines) is 1. The summed E-state index contributed by atoms with van der Waals surface area (Å²) in [6.45, 7) is 6.55. The zero-order valence-corrected chi connectivity index (χ0v) is 16.3. The van der Waals surface area contributed by atoms with Gasteiger partial charge in [-0.05, 0) is 60.7 Å². The van der Waals surface area contributed by atoms with Crippen LogP contribution in [0.2, 0.25) is 0 Å². The lowest BCUT2D eigenvalue weighted by Gasteiger charge is -2.23. The predicted octanol–water partition coefficient (Wildman–Crippen LogP) is 3.49. The van der Waals surface area contributed by atoms with E-state index in [4.69, 9.17) is 4.84 Å². The second-order valence-corrected chi connectivity index (χ2v) is 7.09. The van der Waals surface area contributed by atoms with Crippen molar-refractivity contribution in [1.82, 2.24) is 4.90 Å². The third-order valence-corrected chi connectivity index (χ3v) is 5.33. The number of amides is 1. The zero-order chi connectivity index (χ0) is 19.6. The van der Waals surface area contributed by atoms with Crippen LogP contribution in [0.4, 0.5) is 0 Å². The molecule has 0 spiro atoms. The number of benzene rings is 2. The van der Waals surface area contributed by atoms with E-state index in [1.165, 1.54) is 23.8 Å². The number of hydrogen-bond acceptors (Lipinski definition) is 4. The van der Waals surface area contributed by atoms with Gasteiger partial charge in [-0.2, -0.15) is 0 Å². The molecule has 1 fully saturated rings. The molecular formula is C22H26N2O3. The van der Waals surface area contributed by atoms with Gasteiger partial charge >= 0.3 is 0 Å². The molecule has 0 radical (unpaired) electrons. The van der Waals surface area contributed by atoms with Crippen LogP contribution in [-0.4, -0.2) is 47.9 Å². The molecule has 1 aliphatic rings. The highest BCUT2D eigenvalue weighted by Gasteiger charge is 2.33. The normalized spacial score (nSPS) is 18.2. The topological polar surface area (TPSA) is 62.1 Å². The number of aliphatic hydroxyl groups excluding tert-OH is 1. The van der Waals surface area contributed by atoms with Crippen molar-refractivity contribution < 1.29 is 14.7 Å². The number of oxime groups is 1. The third kappa shape index (κ3) is 3.74. The lowest BCUT2D eigenvalue weighted by atomic mass is 9.93. The van der Waals surface area contributed by atoms with Gasteiger partial charge in [0.1, 0.15) is 7.11 Å². The Morgan fingerprint density at radius 3 is 2.63 bits per heavy atom. The standard InChI is InChI=1S/C22H26N2O3/c1-14-6-5-7-21(16(14)3)20-9-8-17(10-15(20)2)22(26)24-12-18(23-27-4)11-19(24)13-25/h5-10,19,25H,11-13H2,1-4H3. The first-order valence-corrected chi connectivity index (χ1v) is 9.14. The summed E-state index contributed by atoms with van der Waals surface area (Å²) in [5, 5.41) is 13.6. The van der Waals surface area contributed by atoms with E-state index in [1.54, 1.807) is 4.90 Å². The SMILES string of the molecule is CON=C1CC(CO)N(C(=O)c2ccc(-c3cccc(C)c3C)c(C)c2)C1. The summed E-state index contributed by atoms with van der Waals surface area (Å²) in [4.78, 5) is 19.5. The van der Waals surface area contributed by atoms with Gasteiger partial charge in [-0.3, -0.25) is 4.79 Å². The summed E-state index contributed by atoms with van der Waals surface area (Å²) in [7, 11) is 1.49. The molecule has 142 valence electrons. The van der Waals surface area contributed by atoms with E-state index in [2.05, 4.69) is 37.2 Å². The summed E-state index contributed by atoms with van der Waals surface area (Å²) < 4.78 is 0. The molecule has 1 atom stereocenters. The number of aliphatic hydroxyl groups is 1. The molecule has 1 unspecified atom stereocenters. The van der Waals surface area contributed by atoms with Gasteiger partial charge in [-0.25, -0.2) is 0 Å². The Balaban J connectivity index is 1.90. The molecule has 3 rings (SSSR count). The van der Waals surface area contributed by atoms with E-state index in [1.807, 2.05) is 25.1 Å². The first-order valence-electron chi connectivity index (χ1n) is 9.14. The molecule has 1 N–H and O–H groups in total. The quantitative estimate of drug-likeness (QED) is 0.843. The summed E-state index contributed by atoms with van der Waals surface area (Å²) in [6, 6.07) is 11.8. The second-order valence-electron chi connectivity index (χ2n) is 7.09. The van der Waals surface area contributed by atoms with Crippen LogP contribution in [-0.2, 0) is 4.84 Å². The van der Waals surface area contributed by atoms with Crippen molar-refractivity contribution in [2.45, 2.75) is 33.2 Å². The summed E-state index contributed by atoms with van der Waals surface area (Å²) in [6.07, 6.45) is 0.537. The van der Waals surface area contributed by atoms with Crippen molar-refractivity contribution in [2.24, 2.45) is 5.16 Å². The molecule has 1 heterocycles. The second kappa shape index (κ2) is 7.92. The first-order chi connectivity index (χ1) is 13.0. The highest BCUT2D eigenvalue weighted by molar-refractivity contribution is 6.01. The van der Waals surface area contributed by atoms with Gasteiger partial charge in [-0.1, -0.05) is 29.4 Å². The van der Waals surface area contributed by atoms with Crippen LogP contribution < -0.4 is 0 Å². The number of hydrogen-bond donors (Lipinski definition) is 1. The fraction of sp³-hybridized carbons (Fsp3) is 0.364. The van der Waals surface area contributed by atoms with Gasteiger partial charge in [-0.15, -0.1) is 0 Å². The van der Waals surface area contributed by atoms with Crippen LogP contribution >= 0.6 is 0 Å². The lowest BCUT2D eigenvalue weighted by molar-refractivity contribution is 0.0680. The van der Waals surface area contributed by atoms with Crippen LogP contribution in [0.25, 0.3) is 11.1 Å². The van der Waals surface area contributed by atoms with Crippen LogP contribution in [0, 0.1) is 20.8 Å². The molecule has 1 amide bonds. The number of aryl methyl sites for hydroxylation is 2. The van der Waals surface area contributed by atoms with Crippen molar-refractivity contribution in [3.8, 4) is 11.1 Å². The number of carbonyl (C=O) groups is 1. The Hall–Kier alpha value is -2.66. The average Bonchev–Trinajstić information content (AvgIpc) is 3.07. The van der Waals surface area contributed by atoms with E-state index >= 15 is 0 Å². The highest BCUT2D eigenvalue weighted by Crippen LogP contribution is 2.29. The Labute approximate surface area is 160 Å². The van der Waals surface area contributed by atoms with Crippen LogP contribution in [0.3, 0.4) is 0 Å². The maximum Gasteiger partial charge on any atom is 0.254 e. The Bertz CT molecular complexity index is 889. The molecule has 2 aromatic rings. The van der Waals surface area contributed by atoms with Crippen LogP contribution in [0.5, 0.6) is 0 Å². The predicted molar refractivity (Wildman–Crippen MR) is 107 cm³/mol. The largest absolute Gasteiger partial charge is 0.399 e. The highest BCUT2D eigenvalue weighted by atomic mass is 16.6. The first kappa shape index (κ1) is 19.1. The molecule has 5 heteroatoms. The smallest absolute Gasteiger partial charge is 0.254 e. The molecule has 0 aliphatic carbocycles. The van der Waals surface area contributed by atoms with E-state index in [9.17, 15) is 9.90 Å². The van der Waals surface area contributed by atoms with E-state index in [-0.39, 0.29) is 18.6 Å². The van der Waals surface area contributed by atoms with Crippen molar-refractivity contribution >= 4 is 11.6 Å². The molecule has 5 nitrogen and oxygen atoms in total. The molecule has 0 aromatic heterocycles.